The summed E-state index contributed by atoms with van der Waals surface area (Å²) in [5, 5.41) is 15.8. The molecule has 0 aromatic heterocycles. The second kappa shape index (κ2) is 8.48. The van der Waals surface area contributed by atoms with Gasteiger partial charge in [-0.15, -0.1) is 0 Å². The van der Waals surface area contributed by atoms with Crippen LogP contribution in [0.25, 0.3) is 11.1 Å². The van der Waals surface area contributed by atoms with Gasteiger partial charge in [0.2, 0.25) is 5.91 Å². The van der Waals surface area contributed by atoms with Crippen LogP contribution in [0.5, 0.6) is 5.75 Å². The predicted octanol–water partition coefficient (Wildman–Crippen LogP) is 3.62. The monoisotopic (exact) mass is 380 g/mol. The molecule has 0 aliphatic carbocycles. The molecule has 0 saturated carbocycles. The van der Waals surface area contributed by atoms with Gasteiger partial charge in [0.15, 0.2) is 0 Å². The van der Waals surface area contributed by atoms with Crippen LogP contribution < -0.4 is 15.4 Å². The van der Waals surface area contributed by atoms with Crippen molar-refractivity contribution >= 4 is 11.6 Å². The van der Waals surface area contributed by atoms with Crippen LogP contribution >= 0.6 is 0 Å². The van der Waals surface area contributed by atoms with Gasteiger partial charge >= 0.3 is 0 Å². The molecule has 0 fully saturated rings. The number of aliphatic hydroxyl groups excluding tert-OH is 1. The molecule has 1 amide bonds. The molecule has 1 aliphatic heterocycles. The molecule has 0 bridgehead atoms. The summed E-state index contributed by atoms with van der Waals surface area (Å²) < 4.78 is 5.92. The number of amides is 1. The van der Waals surface area contributed by atoms with Crippen molar-refractivity contribution in [2.45, 2.75) is 32.8 Å². The van der Waals surface area contributed by atoms with Gasteiger partial charge in [-0.2, -0.15) is 0 Å². The van der Waals surface area contributed by atoms with Gasteiger partial charge in [0, 0.05) is 48.0 Å². The minimum atomic E-state index is -0.202. The van der Waals surface area contributed by atoms with E-state index in [1.807, 2.05) is 6.07 Å². The van der Waals surface area contributed by atoms with E-state index in [0.717, 1.165) is 40.1 Å². The number of aliphatic hydroxyl groups is 1. The number of carbonyl (C=O) groups is 1. The first-order chi connectivity index (χ1) is 13.5. The molecule has 3 N–H and O–H groups in total. The number of fused-ring (bicyclic) bond motifs is 1. The Morgan fingerprint density at radius 2 is 2.00 bits per heavy atom. The Kier molecular flexibility index (Phi) is 6.05. The zero-order chi connectivity index (χ0) is 20.3. The van der Waals surface area contributed by atoms with Crippen LogP contribution in [-0.4, -0.2) is 31.2 Å². The highest BCUT2D eigenvalue weighted by atomic mass is 16.5. The van der Waals surface area contributed by atoms with Gasteiger partial charge < -0.3 is 20.5 Å². The van der Waals surface area contributed by atoms with Crippen molar-refractivity contribution in [3.63, 3.8) is 0 Å². The molecular weight excluding hydrogens is 352 g/mol. The number of hydrogen-bond donors (Lipinski definition) is 3. The second-order valence-electron chi connectivity index (χ2n) is 7.33. The van der Waals surface area contributed by atoms with E-state index in [2.05, 4.69) is 55.3 Å². The topological polar surface area (TPSA) is 70.6 Å². The molecule has 5 heteroatoms. The quantitative estimate of drug-likeness (QED) is 0.642. The zero-order valence-corrected chi connectivity index (χ0v) is 16.8. The molecule has 1 heterocycles. The van der Waals surface area contributed by atoms with Gasteiger partial charge in [0.05, 0.1) is 13.2 Å². The summed E-state index contributed by atoms with van der Waals surface area (Å²) in [7, 11) is 1.58. The van der Waals surface area contributed by atoms with Gasteiger partial charge in [0.25, 0.3) is 0 Å². The third kappa shape index (κ3) is 3.90. The first kappa shape index (κ1) is 20.0. The molecule has 1 aliphatic rings. The van der Waals surface area contributed by atoms with Crippen LogP contribution in [0.15, 0.2) is 42.5 Å². The van der Waals surface area contributed by atoms with Gasteiger partial charge in [-0.3, -0.25) is 4.79 Å². The van der Waals surface area contributed by atoms with E-state index in [1.54, 1.807) is 7.05 Å². The molecule has 2 aromatic carbocycles. The zero-order valence-electron chi connectivity index (χ0n) is 16.8. The van der Waals surface area contributed by atoms with Crippen molar-refractivity contribution < 1.29 is 14.6 Å². The lowest BCUT2D eigenvalue weighted by molar-refractivity contribution is -0.116. The van der Waals surface area contributed by atoms with E-state index < -0.39 is 0 Å². The molecule has 5 nitrogen and oxygen atoms in total. The van der Waals surface area contributed by atoms with Gasteiger partial charge in [-0.05, 0) is 23.1 Å². The molecule has 0 spiro atoms. The molecule has 3 rings (SSSR count). The molecule has 0 radical (unpaired) electrons. The maximum atomic E-state index is 11.7. The summed E-state index contributed by atoms with van der Waals surface area (Å²) in [6.07, 6.45) is 0.758. The maximum Gasteiger partial charge on any atom is 0.248 e. The summed E-state index contributed by atoms with van der Waals surface area (Å²) in [5.41, 5.74) is 6.44. The fraction of sp³-hybridized carbons (Fsp3) is 0.348. The third-order valence-corrected chi connectivity index (χ3v) is 5.18. The minimum Gasteiger partial charge on any atom is -0.492 e. The average molecular weight is 380 g/mol. The van der Waals surface area contributed by atoms with Crippen LogP contribution in [0, 0.1) is 0 Å². The second-order valence-corrected chi connectivity index (χ2v) is 7.33. The standard InChI is InChI=1S/C23H28N2O3/c1-14(2)16-5-7-17(8-6-16)19-11-21(25-12-15(3)23(27)24-4)20(13-26)18-9-10-28-22(18)19/h5-8,11,14,25-26H,3,9-10,12-13H2,1-2,4H3,(H,24,27). The number of nitrogens with one attached hydrogen (secondary N) is 2. The van der Waals surface area contributed by atoms with Crippen LogP contribution in [0.4, 0.5) is 5.69 Å². The smallest absolute Gasteiger partial charge is 0.248 e. The molecule has 148 valence electrons. The number of ether oxygens (including phenoxy) is 1. The van der Waals surface area contributed by atoms with Crippen molar-refractivity contribution in [3.05, 3.63) is 59.2 Å². The van der Waals surface area contributed by atoms with Crippen molar-refractivity contribution in [1.29, 1.82) is 0 Å². The van der Waals surface area contributed by atoms with Gasteiger partial charge in [0.1, 0.15) is 5.75 Å². The lowest BCUT2D eigenvalue weighted by Gasteiger charge is -2.18. The summed E-state index contributed by atoms with van der Waals surface area (Å²) >= 11 is 0. The number of hydrogen-bond acceptors (Lipinski definition) is 4. The molecule has 28 heavy (non-hydrogen) atoms. The summed E-state index contributed by atoms with van der Waals surface area (Å²) in [5.74, 6) is 1.12. The Morgan fingerprint density at radius 3 is 2.61 bits per heavy atom. The highest BCUT2D eigenvalue weighted by molar-refractivity contribution is 5.93. The normalized spacial score (nSPS) is 12.5. The van der Waals surface area contributed by atoms with Crippen LogP contribution in [0.2, 0.25) is 0 Å². The summed E-state index contributed by atoms with van der Waals surface area (Å²) in [6, 6.07) is 10.5. The maximum absolute atomic E-state index is 11.7. The fourth-order valence-corrected chi connectivity index (χ4v) is 3.50. The molecule has 0 saturated heterocycles. The van der Waals surface area contributed by atoms with E-state index in [9.17, 15) is 9.90 Å². The Morgan fingerprint density at radius 1 is 1.29 bits per heavy atom. The van der Waals surface area contributed by atoms with Crippen molar-refractivity contribution in [3.8, 4) is 16.9 Å². The molecule has 0 unspecified atom stereocenters. The Labute approximate surface area is 166 Å². The Hall–Kier alpha value is -2.79. The molecular formula is C23H28N2O3. The van der Waals surface area contributed by atoms with Crippen LogP contribution in [0.3, 0.4) is 0 Å². The van der Waals surface area contributed by atoms with E-state index in [-0.39, 0.29) is 12.5 Å². The van der Waals surface area contributed by atoms with E-state index in [4.69, 9.17) is 4.74 Å². The molecule has 0 atom stereocenters. The van der Waals surface area contributed by atoms with Crippen LogP contribution in [0.1, 0.15) is 36.5 Å². The Bertz CT molecular complexity index is 886. The predicted molar refractivity (Wildman–Crippen MR) is 113 cm³/mol. The Balaban J connectivity index is 2.00. The number of carbonyl (C=O) groups excluding carboxylic acids is 1. The third-order valence-electron chi connectivity index (χ3n) is 5.18. The lowest BCUT2D eigenvalue weighted by Crippen LogP contribution is -2.23. The van der Waals surface area contributed by atoms with E-state index in [0.29, 0.717) is 24.6 Å². The number of rotatable bonds is 7. The van der Waals surface area contributed by atoms with E-state index in [1.165, 1.54) is 5.56 Å². The highest BCUT2D eigenvalue weighted by Gasteiger charge is 2.24. The first-order valence-electron chi connectivity index (χ1n) is 9.62. The van der Waals surface area contributed by atoms with Gasteiger partial charge in [-0.25, -0.2) is 0 Å². The summed E-state index contributed by atoms with van der Waals surface area (Å²) in [4.78, 5) is 11.7. The van der Waals surface area contributed by atoms with Crippen molar-refractivity contribution in [2.75, 3.05) is 25.5 Å². The SMILES string of the molecule is C=C(CNc1cc(-c2ccc(C(C)C)cc2)c2c(c1CO)CCO2)C(=O)NC. The summed E-state index contributed by atoms with van der Waals surface area (Å²) in [6.45, 7) is 8.98. The minimum absolute atomic E-state index is 0.0902. The first-order valence-corrected chi connectivity index (χ1v) is 9.62. The van der Waals surface area contributed by atoms with Crippen molar-refractivity contribution in [2.24, 2.45) is 0 Å². The highest BCUT2D eigenvalue weighted by Crippen LogP contribution is 2.42. The fourth-order valence-electron chi connectivity index (χ4n) is 3.50. The average Bonchev–Trinajstić information content (AvgIpc) is 3.20. The number of likely N-dealkylation sites (N-methyl/N-ethyl adjacent to an activating group) is 1. The number of anilines is 1. The molecule has 2 aromatic rings. The lowest BCUT2D eigenvalue weighted by atomic mass is 9.93. The van der Waals surface area contributed by atoms with Gasteiger partial charge in [-0.1, -0.05) is 44.7 Å². The number of benzene rings is 2. The van der Waals surface area contributed by atoms with Crippen LogP contribution in [-0.2, 0) is 17.8 Å². The largest absolute Gasteiger partial charge is 0.492 e. The van der Waals surface area contributed by atoms with Crippen molar-refractivity contribution in [1.82, 2.24) is 5.32 Å². The van der Waals surface area contributed by atoms with E-state index >= 15 is 0 Å².